The van der Waals surface area contributed by atoms with Crippen LogP contribution in [0.4, 0.5) is 5.69 Å². The topological polar surface area (TPSA) is 116 Å². The number of methoxy groups -OCH3 is 2. The molecule has 10 nitrogen and oxygen atoms in total. The van der Waals surface area contributed by atoms with E-state index in [0.717, 1.165) is 4.21 Å². The molecule has 0 unspecified atom stereocenters. The van der Waals surface area contributed by atoms with Crippen LogP contribution in [0.1, 0.15) is 21.9 Å². The Morgan fingerprint density at radius 1 is 1.16 bits per heavy atom. The molecule has 0 saturated carbocycles. The number of aromatic nitrogens is 6. The molecule has 0 aliphatic rings. The molecule has 4 aromatic rings. The lowest BCUT2D eigenvalue weighted by molar-refractivity contribution is 0.102. The van der Waals surface area contributed by atoms with E-state index in [1.54, 1.807) is 33.7 Å². The predicted octanol–water partition coefficient (Wildman–Crippen LogP) is 2.37. The van der Waals surface area contributed by atoms with Gasteiger partial charge in [-0.05, 0) is 24.3 Å². The van der Waals surface area contributed by atoms with Crippen LogP contribution in [-0.2, 0) is 0 Å². The third-order valence-electron chi connectivity index (χ3n) is 4.01. The molecule has 31 heavy (non-hydrogen) atoms. The van der Waals surface area contributed by atoms with E-state index in [4.69, 9.17) is 9.47 Å². The van der Waals surface area contributed by atoms with E-state index in [1.165, 1.54) is 26.5 Å². The first-order valence-corrected chi connectivity index (χ1v) is 10.8. The smallest absolute Gasteiger partial charge is 0.276 e. The Hall–Kier alpha value is -3.69. The van der Waals surface area contributed by atoms with E-state index < -0.39 is 5.91 Å². The summed E-state index contributed by atoms with van der Waals surface area (Å²) in [4.78, 5) is 16.7. The van der Waals surface area contributed by atoms with Crippen molar-refractivity contribution in [1.29, 1.82) is 0 Å². The van der Waals surface area contributed by atoms with Gasteiger partial charge in [-0.2, -0.15) is 0 Å². The molecular formula is C19H15N7O3S2. The number of carbonyl (C=O) groups excluding carboxylic acids is 1. The number of hydrogen-bond acceptors (Lipinski definition) is 10. The van der Waals surface area contributed by atoms with Gasteiger partial charge in [0.1, 0.15) is 0 Å². The quantitative estimate of drug-likeness (QED) is 0.359. The van der Waals surface area contributed by atoms with Crippen molar-refractivity contribution in [3.8, 4) is 23.6 Å². The van der Waals surface area contributed by atoms with Crippen LogP contribution in [0.25, 0.3) is 5.65 Å². The van der Waals surface area contributed by atoms with E-state index in [9.17, 15) is 4.79 Å². The summed E-state index contributed by atoms with van der Waals surface area (Å²) in [5.74, 6) is 6.40. The van der Waals surface area contributed by atoms with Crippen molar-refractivity contribution in [2.24, 2.45) is 0 Å². The second-order valence-corrected chi connectivity index (χ2v) is 7.91. The van der Waals surface area contributed by atoms with Gasteiger partial charge in [0.2, 0.25) is 17.6 Å². The van der Waals surface area contributed by atoms with Crippen LogP contribution in [0, 0.1) is 11.8 Å². The fourth-order valence-electron chi connectivity index (χ4n) is 2.51. The molecule has 4 rings (SSSR count). The summed E-state index contributed by atoms with van der Waals surface area (Å²) in [7, 11) is 2.97. The van der Waals surface area contributed by atoms with Gasteiger partial charge in [-0.25, -0.2) is 4.98 Å². The summed E-state index contributed by atoms with van der Waals surface area (Å²) >= 11 is 3.16. The molecule has 156 valence electrons. The molecule has 0 aromatic carbocycles. The maximum atomic E-state index is 12.6. The van der Waals surface area contributed by atoms with E-state index in [2.05, 4.69) is 42.5 Å². The third-order valence-corrected chi connectivity index (χ3v) is 6.04. The Balaban J connectivity index is 1.64. The normalized spacial score (nSPS) is 10.4. The van der Waals surface area contributed by atoms with Gasteiger partial charge < -0.3 is 14.8 Å². The number of anilines is 1. The van der Waals surface area contributed by atoms with Crippen molar-refractivity contribution in [3.63, 3.8) is 0 Å². The summed E-state index contributed by atoms with van der Waals surface area (Å²) in [5, 5.41) is 20.6. The monoisotopic (exact) mass is 453 g/mol. The minimum absolute atomic E-state index is 0.110. The van der Waals surface area contributed by atoms with Crippen LogP contribution in [0.5, 0.6) is 11.8 Å². The summed E-state index contributed by atoms with van der Waals surface area (Å²) < 4.78 is 13.1. The van der Waals surface area contributed by atoms with Crippen LogP contribution in [0.15, 0.2) is 34.1 Å². The first-order chi connectivity index (χ1) is 15.1. The lowest BCUT2D eigenvalue weighted by atomic mass is 10.2. The average Bonchev–Trinajstić information content (AvgIpc) is 3.43. The highest BCUT2D eigenvalue weighted by atomic mass is 32.2. The zero-order valence-electron chi connectivity index (χ0n) is 16.6. The third kappa shape index (κ3) is 4.42. The molecule has 1 amide bonds. The van der Waals surface area contributed by atoms with Crippen LogP contribution in [0.2, 0.25) is 0 Å². The molecule has 0 spiro atoms. The van der Waals surface area contributed by atoms with Crippen molar-refractivity contribution in [3.05, 3.63) is 47.0 Å². The summed E-state index contributed by atoms with van der Waals surface area (Å²) in [6.07, 6.45) is 5.13. The van der Waals surface area contributed by atoms with Crippen LogP contribution < -0.4 is 14.8 Å². The fourth-order valence-corrected chi connectivity index (χ4v) is 3.85. The summed E-state index contributed by atoms with van der Waals surface area (Å²) in [6.45, 7) is 0. The SMILES string of the molecule is COc1cn2c(C#Cc3cc(C(=O)Nc4csc(SC)c4)nnc3OC)nnc2cn1. The van der Waals surface area contributed by atoms with Crippen molar-refractivity contribution < 1.29 is 14.3 Å². The second kappa shape index (κ2) is 8.99. The van der Waals surface area contributed by atoms with E-state index in [1.807, 2.05) is 17.7 Å². The molecule has 1 N–H and O–H groups in total. The fraction of sp³-hybridized carbons (Fsp3) is 0.158. The predicted molar refractivity (Wildman–Crippen MR) is 116 cm³/mol. The van der Waals surface area contributed by atoms with E-state index in [0.29, 0.717) is 28.6 Å². The van der Waals surface area contributed by atoms with Crippen molar-refractivity contribution >= 4 is 40.3 Å². The van der Waals surface area contributed by atoms with Gasteiger partial charge >= 0.3 is 0 Å². The van der Waals surface area contributed by atoms with Gasteiger partial charge in [0.25, 0.3) is 5.91 Å². The second-order valence-electron chi connectivity index (χ2n) is 5.90. The van der Waals surface area contributed by atoms with Crippen LogP contribution >= 0.6 is 23.1 Å². The highest BCUT2D eigenvalue weighted by Gasteiger charge is 2.14. The highest BCUT2D eigenvalue weighted by Crippen LogP contribution is 2.27. The largest absolute Gasteiger partial charge is 0.480 e. The van der Waals surface area contributed by atoms with Gasteiger partial charge in [-0.15, -0.1) is 43.5 Å². The molecule has 0 atom stereocenters. The average molecular weight is 454 g/mol. The number of hydrogen-bond donors (Lipinski definition) is 1. The van der Waals surface area contributed by atoms with Crippen molar-refractivity contribution in [2.45, 2.75) is 4.21 Å². The number of nitrogens with zero attached hydrogens (tertiary/aromatic N) is 6. The summed E-state index contributed by atoms with van der Waals surface area (Å²) in [5.41, 5.74) is 1.71. The minimum atomic E-state index is -0.396. The number of thioether (sulfide) groups is 1. The van der Waals surface area contributed by atoms with Gasteiger partial charge in [0.15, 0.2) is 11.3 Å². The Morgan fingerprint density at radius 2 is 2.03 bits per heavy atom. The van der Waals surface area contributed by atoms with Crippen LogP contribution in [0.3, 0.4) is 0 Å². The van der Waals surface area contributed by atoms with Crippen LogP contribution in [-0.4, -0.2) is 56.2 Å². The zero-order chi connectivity index (χ0) is 21.8. The van der Waals surface area contributed by atoms with Crippen molar-refractivity contribution in [2.75, 3.05) is 25.8 Å². The number of fused-ring (bicyclic) bond motifs is 1. The first kappa shape index (κ1) is 20.6. The van der Waals surface area contributed by atoms with E-state index >= 15 is 0 Å². The Morgan fingerprint density at radius 3 is 2.77 bits per heavy atom. The number of rotatable bonds is 5. The number of amides is 1. The number of ether oxygens (including phenoxy) is 2. The number of nitrogens with one attached hydrogen (secondary N) is 1. The van der Waals surface area contributed by atoms with Gasteiger partial charge in [0.05, 0.1) is 42.1 Å². The maximum Gasteiger partial charge on any atom is 0.276 e. The standard InChI is InChI=1S/C19H15N7O3S2/c1-28-16-9-26-14(23-24-15(26)8-20-16)5-4-11-6-13(22-25-19(11)29-2)18(27)21-12-7-17(30-3)31-10-12/h6-10H,1-3H3,(H,21,27). The first-order valence-electron chi connectivity index (χ1n) is 8.73. The molecule has 0 aliphatic heterocycles. The molecule has 0 aliphatic carbocycles. The Bertz CT molecular complexity index is 1320. The van der Waals surface area contributed by atoms with Crippen molar-refractivity contribution in [1.82, 2.24) is 29.8 Å². The van der Waals surface area contributed by atoms with Gasteiger partial charge in [-0.1, -0.05) is 5.92 Å². The lowest BCUT2D eigenvalue weighted by Gasteiger charge is -2.05. The maximum absolute atomic E-state index is 12.6. The molecular weight excluding hydrogens is 438 g/mol. The summed E-state index contributed by atoms with van der Waals surface area (Å²) in [6, 6.07) is 3.41. The Kier molecular flexibility index (Phi) is 5.96. The lowest BCUT2D eigenvalue weighted by Crippen LogP contribution is -2.14. The molecule has 4 heterocycles. The van der Waals surface area contributed by atoms with Gasteiger partial charge in [-0.3, -0.25) is 9.20 Å². The molecule has 0 fully saturated rings. The minimum Gasteiger partial charge on any atom is -0.480 e. The molecule has 12 heteroatoms. The molecule has 4 aromatic heterocycles. The zero-order valence-corrected chi connectivity index (χ0v) is 18.2. The van der Waals surface area contributed by atoms with E-state index in [-0.39, 0.29) is 11.6 Å². The molecule has 0 bridgehead atoms. The van der Waals surface area contributed by atoms with Gasteiger partial charge in [0, 0.05) is 5.38 Å². The Labute approximate surface area is 185 Å². The number of carbonyl (C=O) groups is 1. The molecule has 0 saturated heterocycles. The molecule has 0 radical (unpaired) electrons. The highest BCUT2D eigenvalue weighted by molar-refractivity contribution is 8.00. The number of thiophene rings is 1.